The average Bonchev–Trinajstić information content (AvgIpc) is 2.80. The molecule has 2 amide bonds. The summed E-state index contributed by atoms with van der Waals surface area (Å²) in [5.74, 6) is -0.985. The highest BCUT2D eigenvalue weighted by Crippen LogP contribution is 2.26. The minimum absolute atomic E-state index is 0.197. The summed E-state index contributed by atoms with van der Waals surface area (Å²) in [6.45, 7) is 6.52. The number of urea groups is 1. The van der Waals surface area contributed by atoms with Crippen LogP contribution in [0, 0.1) is 0 Å². The summed E-state index contributed by atoms with van der Waals surface area (Å²) in [4.78, 5) is 28.1. The van der Waals surface area contributed by atoms with Crippen LogP contribution in [0.4, 0.5) is 4.79 Å². The molecule has 0 saturated carbocycles. The van der Waals surface area contributed by atoms with Crippen LogP contribution < -0.4 is 0 Å². The first-order chi connectivity index (χ1) is 9.29. The van der Waals surface area contributed by atoms with E-state index in [1.807, 2.05) is 32.2 Å². The highest BCUT2D eigenvalue weighted by Gasteiger charge is 2.33. The van der Waals surface area contributed by atoms with Crippen molar-refractivity contribution in [2.24, 2.45) is 0 Å². The van der Waals surface area contributed by atoms with Gasteiger partial charge in [0.05, 0.1) is 0 Å². The topological polar surface area (TPSA) is 60.9 Å². The summed E-state index contributed by atoms with van der Waals surface area (Å²) in [6.07, 6.45) is 0.851. The van der Waals surface area contributed by atoms with Crippen molar-refractivity contribution in [3.63, 3.8) is 0 Å². The van der Waals surface area contributed by atoms with Crippen molar-refractivity contribution in [3.8, 4) is 0 Å². The molecule has 110 valence electrons. The van der Waals surface area contributed by atoms with Gasteiger partial charge in [-0.1, -0.05) is 0 Å². The predicted octanol–water partition coefficient (Wildman–Crippen LogP) is 2.41. The molecular formula is C14H20N2O3S. The largest absolute Gasteiger partial charge is 0.480 e. The van der Waals surface area contributed by atoms with E-state index in [1.54, 1.807) is 16.2 Å². The lowest BCUT2D eigenvalue weighted by Gasteiger charge is -2.39. The molecule has 6 heteroatoms. The van der Waals surface area contributed by atoms with Crippen LogP contribution in [0.3, 0.4) is 0 Å². The van der Waals surface area contributed by atoms with Crippen LogP contribution in [0.15, 0.2) is 11.4 Å². The number of fused-ring (bicyclic) bond motifs is 1. The molecule has 0 unspecified atom stereocenters. The minimum atomic E-state index is -0.985. The maximum absolute atomic E-state index is 12.6. The van der Waals surface area contributed by atoms with E-state index in [-0.39, 0.29) is 12.6 Å². The molecule has 0 fully saturated rings. The molecule has 0 aromatic carbocycles. The molecule has 0 saturated heterocycles. The Morgan fingerprint density at radius 3 is 2.75 bits per heavy atom. The fourth-order valence-corrected chi connectivity index (χ4v) is 3.20. The molecule has 1 aromatic rings. The molecule has 0 radical (unpaired) electrons. The molecule has 0 spiro atoms. The van der Waals surface area contributed by atoms with Crippen LogP contribution in [0.1, 0.15) is 31.2 Å². The van der Waals surface area contributed by atoms with Gasteiger partial charge in [-0.25, -0.2) is 4.79 Å². The summed E-state index contributed by atoms with van der Waals surface area (Å²) in [7, 11) is 0. The number of thiophene rings is 1. The number of carboxylic acid groups (broad SMARTS) is 1. The van der Waals surface area contributed by atoms with E-state index in [4.69, 9.17) is 5.11 Å². The van der Waals surface area contributed by atoms with Crippen molar-refractivity contribution >= 4 is 23.3 Å². The molecule has 0 atom stereocenters. The van der Waals surface area contributed by atoms with Gasteiger partial charge in [-0.3, -0.25) is 4.79 Å². The lowest BCUT2D eigenvalue weighted by molar-refractivity contribution is -0.138. The number of carbonyl (C=O) groups is 2. The number of hydrogen-bond donors (Lipinski definition) is 1. The third kappa shape index (κ3) is 3.12. The lowest BCUT2D eigenvalue weighted by atomic mass is 10.1. The number of nitrogens with zero attached hydrogens (tertiary/aromatic N) is 2. The van der Waals surface area contributed by atoms with Gasteiger partial charge in [0.25, 0.3) is 0 Å². The van der Waals surface area contributed by atoms with Gasteiger partial charge < -0.3 is 14.9 Å². The zero-order valence-corrected chi connectivity index (χ0v) is 12.9. The number of aliphatic carboxylic acids is 1. The minimum Gasteiger partial charge on any atom is -0.480 e. The van der Waals surface area contributed by atoms with Crippen LogP contribution in [-0.4, -0.2) is 45.5 Å². The Morgan fingerprint density at radius 1 is 1.45 bits per heavy atom. The average molecular weight is 296 g/mol. The molecule has 2 heterocycles. The first kappa shape index (κ1) is 14.8. The lowest BCUT2D eigenvalue weighted by Crippen LogP contribution is -2.54. The van der Waals surface area contributed by atoms with E-state index >= 15 is 0 Å². The van der Waals surface area contributed by atoms with E-state index in [9.17, 15) is 9.59 Å². The SMILES string of the molecule is CC(C)(C)N(CC(=O)O)C(=O)N1CCc2sccc2C1. The Bertz CT molecular complexity index is 519. The zero-order chi connectivity index (χ0) is 14.9. The van der Waals surface area contributed by atoms with E-state index in [0.29, 0.717) is 13.1 Å². The van der Waals surface area contributed by atoms with Crippen LogP contribution in [0.25, 0.3) is 0 Å². The smallest absolute Gasteiger partial charge is 0.323 e. The van der Waals surface area contributed by atoms with E-state index in [1.165, 1.54) is 15.3 Å². The number of rotatable bonds is 2. The maximum Gasteiger partial charge on any atom is 0.323 e. The maximum atomic E-state index is 12.6. The summed E-state index contributed by atoms with van der Waals surface area (Å²) in [6, 6.07) is 1.84. The third-order valence-electron chi connectivity index (χ3n) is 3.41. The van der Waals surface area contributed by atoms with Crippen molar-refractivity contribution in [1.82, 2.24) is 9.80 Å². The summed E-state index contributed by atoms with van der Waals surface area (Å²) in [5, 5.41) is 11.0. The quantitative estimate of drug-likeness (QED) is 0.911. The van der Waals surface area contributed by atoms with Crippen molar-refractivity contribution in [2.75, 3.05) is 13.1 Å². The van der Waals surface area contributed by atoms with Gasteiger partial charge >= 0.3 is 12.0 Å². The summed E-state index contributed by atoms with van der Waals surface area (Å²) < 4.78 is 0. The molecule has 2 rings (SSSR count). The Balaban J connectivity index is 2.15. The van der Waals surface area contributed by atoms with E-state index in [2.05, 4.69) is 0 Å². The number of hydrogen-bond acceptors (Lipinski definition) is 3. The highest BCUT2D eigenvalue weighted by atomic mass is 32.1. The molecule has 1 aromatic heterocycles. The van der Waals surface area contributed by atoms with E-state index in [0.717, 1.165) is 6.42 Å². The van der Waals surface area contributed by atoms with Gasteiger partial charge in [-0.2, -0.15) is 0 Å². The molecule has 0 bridgehead atoms. The Kier molecular flexibility index (Phi) is 4.04. The molecule has 1 N–H and O–H groups in total. The summed E-state index contributed by atoms with van der Waals surface area (Å²) in [5.41, 5.74) is 0.670. The van der Waals surface area contributed by atoms with Gasteiger partial charge in [0.1, 0.15) is 6.54 Å². The van der Waals surface area contributed by atoms with E-state index < -0.39 is 11.5 Å². The fraction of sp³-hybridized carbons (Fsp3) is 0.571. The van der Waals surface area contributed by atoms with Crippen molar-refractivity contribution in [1.29, 1.82) is 0 Å². The first-order valence-corrected chi connectivity index (χ1v) is 7.50. The van der Waals surface area contributed by atoms with Crippen molar-refractivity contribution in [3.05, 3.63) is 21.9 Å². The molecule has 0 aliphatic carbocycles. The van der Waals surface area contributed by atoms with Gasteiger partial charge in [0.2, 0.25) is 0 Å². The van der Waals surface area contributed by atoms with Crippen molar-refractivity contribution < 1.29 is 14.7 Å². The number of carbonyl (C=O) groups excluding carboxylic acids is 1. The molecule has 20 heavy (non-hydrogen) atoms. The Labute approximate surface area is 122 Å². The number of amides is 2. The standard InChI is InChI=1S/C14H20N2O3S/c1-14(2,3)16(9-12(17)18)13(19)15-6-4-11-10(8-15)5-7-20-11/h5,7H,4,6,8-9H2,1-3H3,(H,17,18). The van der Waals surface area contributed by atoms with Crippen LogP contribution in [0.2, 0.25) is 0 Å². The van der Waals surface area contributed by atoms with Gasteiger partial charge in [-0.15, -0.1) is 11.3 Å². The third-order valence-corrected chi connectivity index (χ3v) is 4.44. The first-order valence-electron chi connectivity index (χ1n) is 6.62. The molecule has 1 aliphatic rings. The predicted molar refractivity (Wildman–Crippen MR) is 77.9 cm³/mol. The van der Waals surface area contributed by atoms with Crippen LogP contribution in [0.5, 0.6) is 0 Å². The molecule has 1 aliphatic heterocycles. The van der Waals surface area contributed by atoms with Crippen LogP contribution >= 0.6 is 11.3 Å². The fourth-order valence-electron chi connectivity index (χ4n) is 2.31. The second kappa shape index (κ2) is 5.44. The second-order valence-corrected chi connectivity index (χ2v) is 6.97. The second-order valence-electron chi connectivity index (χ2n) is 5.97. The zero-order valence-electron chi connectivity index (χ0n) is 12.0. The van der Waals surface area contributed by atoms with Crippen molar-refractivity contribution in [2.45, 2.75) is 39.3 Å². The Morgan fingerprint density at radius 2 is 2.15 bits per heavy atom. The molecular weight excluding hydrogens is 276 g/mol. The van der Waals surface area contributed by atoms with Crippen LogP contribution in [-0.2, 0) is 17.8 Å². The van der Waals surface area contributed by atoms with Gasteiger partial charge in [-0.05, 0) is 44.2 Å². The Hall–Kier alpha value is -1.56. The monoisotopic (exact) mass is 296 g/mol. The number of carboxylic acids is 1. The highest BCUT2D eigenvalue weighted by molar-refractivity contribution is 7.10. The van der Waals surface area contributed by atoms with Gasteiger partial charge in [0.15, 0.2) is 0 Å². The normalized spacial score (nSPS) is 14.8. The molecule has 5 nitrogen and oxygen atoms in total. The van der Waals surface area contributed by atoms with Gasteiger partial charge in [0, 0.05) is 23.5 Å². The summed E-state index contributed by atoms with van der Waals surface area (Å²) >= 11 is 1.72.